The third-order valence-corrected chi connectivity index (χ3v) is 1.78. The fraction of sp³-hybridized carbons (Fsp3) is 0.714. The summed E-state index contributed by atoms with van der Waals surface area (Å²) in [7, 11) is 0. The Kier molecular flexibility index (Phi) is 2.23. The Bertz CT molecular complexity index is 162. The summed E-state index contributed by atoms with van der Waals surface area (Å²) in [6.45, 7) is 0. The molecule has 4 heteroatoms. The van der Waals surface area contributed by atoms with Gasteiger partial charge < -0.3 is 5.73 Å². The van der Waals surface area contributed by atoms with E-state index in [4.69, 9.17) is 5.73 Å². The number of rotatable bonds is 0. The summed E-state index contributed by atoms with van der Waals surface area (Å²) in [6.07, 6.45) is -0.823. The highest BCUT2D eigenvalue weighted by atomic mass is 19.4. The maximum atomic E-state index is 12.0. The topological polar surface area (TPSA) is 26.0 Å². The lowest BCUT2D eigenvalue weighted by Crippen LogP contribution is -2.32. The van der Waals surface area contributed by atoms with E-state index in [0.717, 1.165) is 0 Å². The smallest absolute Gasteiger partial charge is 0.327 e. The summed E-state index contributed by atoms with van der Waals surface area (Å²) in [5.41, 5.74) is 5.37. The van der Waals surface area contributed by atoms with Crippen LogP contribution in [0.15, 0.2) is 12.2 Å². The van der Waals surface area contributed by atoms with Gasteiger partial charge in [0.1, 0.15) is 0 Å². The van der Waals surface area contributed by atoms with E-state index in [2.05, 4.69) is 0 Å². The molecule has 0 amide bonds. The third kappa shape index (κ3) is 2.22. The van der Waals surface area contributed by atoms with E-state index in [1.165, 1.54) is 12.2 Å². The lowest BCUT2D eigenvalue weighted by atomic mass is 9.92. The van der Waals surface area contributed by atoms with Crippen LogP contribution in [0.1, 0.15) is 12.8 Å². The zero-order chi connectivity index (χ0) is 8.48. The minimum atomic E-state index is -4.12. The number of hydrogen-bond donors (Lipinski definition) is 1. The van der Waals surface area contributed by atoms with E-state index in [1.807, 2.05) is 0 Å². The van der Waals surface area contributed by atoms with E-state index in [-0.39, 0.29) is 12.5 Å². The molecular formula is C7H10F3N. The fourth-order valence-electron chi connectivity index (χ4n) is 1.16. The molecule has 0 aromatic rings. The molecule has 0 aromatic heterocycles. The van der Waals surface area contributed by atoms with Crippen molar-refractivity contribution in [3.63, 3.8) is 0 Å². The van der Waals surface area contributed by atoms with Crippen molar-refractivity contribution < 1.29 is 13.2 Å². The van der Waals surface area contributed by atoms with Gasteiger partial charge in [0.05, 0.1) is 5.92 Å². The molecule has 1 aliphatic rings. The van der Waals surface area contributed by atoms with Crippen LogP contribution in [0.5, 0.6) is 0 Å². The van der Waals surface area contributed by atoms with Crippen molar-refractivity contribution in [2.75, 3.05) is 0 Å². The molecule has 1 rings (SSSR count). The Morgan fingerprint density at radius 2 is 2.00 bits per heavy atom. The minimum Gasteiger partial charge on any atom is -0.327 e. The average Bonchev–Trinajstić information content (AvgIpc) is 1.86. The van der Waals surface area contributed by atoms with Crippen molar-refractivity contribution in [1.29, 1.82) is 0 Å². The molecule has 0 fully saturated rings. The van der Waals surface area contributed by atoms with E-state index in [1.54, 1.807) is 0 Å². The standard InChI is InChI=1S/C7H10F3N/c8-7(9,10)5-2-1-3-6(11)4-5/h1-2,5-6H,3-4,11H2. The van der Waals surface area contributed by atoms with Gasteiger partial charge >= 0.3 is 6.18 Å². The van der Waals surface area contributed by atoms with Crippen LogP contribution < -0.4 is 5.73 Å². The first-order valence-corrected chi connectivity index (χ1v) is 3.49. The van der Waals surface area contributed by atoms with Crippen LogP contribution in [0.3, 0.4) is 0 Å². The van der Waals surface area contributed by atoms with Crippen LogP contribution in [0, 0.1) is 5.92 Å². The molecule has 0 aromatic carbocycles. The second-order valence-electron chi connectivity index (χ2n) is 2.81. The third-order valence-electron chi connectivity index (χ3n) is 1.78. The molecule has 2 N–H and O–H groups in total. The van der Waals surface area contributed by atoms with Gasteiger partial charge in [-0.1, -0.05) is 12.2 Å². The number of halogens is 3. The minimum absolute atomic E-state index is 0.0278. The largest absolute Gasteiger partial charge is 0.395 e. The van der Waals surface area contributed by atoms with Crippen LogP contribution in [-0.4, -0.2) is 12.2 Å². The quantitative estimate of drug-likeness (QED) is 0.544. The first-order chi connectivity index (χ1) is 5.00. The molecular weight excluding hydrogens is 155 g/mol. The fourth-order valence-corrected chi connectivity index (χ4v) is 1.16. The molecule has 0 saturated heterocycles. The van der Waals surface area contributed by atoms with Crippen LogP contribution in [0.25, 0.3) is 0 Å². The van der Waals surface area contributed by atoms with Crippen molar-refractivity contribution >= 4 is 0 Å². The van der Waals surface area contributed by atoms with Gasteiger partial charge in [-0.25, -0.2) is 0 Å². The van der Waals surface area contributed by atoms with E-state index in [9.17, 15) is 13.2 Å². The van der Waals surface area contributed by atoms with Gasteiger partial charge in [0, 0.05) is 6.04 Å². The highest BCUT2D eigenvalue weighted by molar-refractivity contribution is 5.00. The molecule has 0 aliphatic heterocycles. The van der Waals surface area contributed by atoms with Gasteiger partial charge in [0.2, 0.25) is 0 Å². The van der Waals surface area contributed by atoms with Gasteiger partial charge in [-0.2, -0.15) is 13.2 Å². The zero-order valence-corrected chi connectivity index (χ0v) is 5.93. The predicted molar refractivity (Wildman–Crippen MR) is 35.9 cm³/mol. The van der Waals surface area contributed by atoms with Crippen LogP contribution in [0.2, 0.25) is 0 Å². The predicted octanol–water partition coefficient (Wildman–Crippen LogP) is 1.84. The first-order valence-electron chi connectivity index (χ1n) is 3.49. The number of nitrogens with two attached hydrogens (primary N) is 1. The molecule has 11 heavy (non-hydrogen) atoms. The molecule has 64 valence electrons. The Morgan fingerprint density at radius 1 is 1.36 bits per heavy atom. The second-order valence-corrected chi connectivity index (χ2v) is 2.81. The molecule has 0 radical (unpaired) electrons. The van der Waals surface area contributed by atoms with Crippen LogP contribution >= 0.6 is 0 Å². The maximum Gasteiger partial charge on any atom is 0.395 e. The zero-order valence-electron chi connectivity index (χ0n) is 5.93. The highest BCUT2D eigenvalue weighted by Gasteiger charge is 2.39. The van der Waals surface area contributed by atoms with Gasteiger partial charge in [-0.15, -0.1) is 0 Å². The van der Waals surface area contributed by atoms with Crippen molar-refractivity contribution in [2.45, 2.75) is 25.1 Å². The number of hydrogen-bond acceptors (Lipinski definition) is 1. The summed E-state index contributed by atoms with van der Waals surface area (Å²) in [5, 5.41) is 0. The van der Waals surface area contributed by atoms with Gasteiger partial charge in [-0.3, -0.25) is 0 Å². The first kappa shape index (κ1) is 8.59. The van der Waals surface area contributed by atoms with E-state index >= 15 is 0 Å². The van der Waals surface area contributed by atoms with Gasteiger partial charge in [0.25, 0.3) is 0 Å². The summed E-state index contributed by atoms with van der Waals surface area (Å²) in [5.74, 6) is -1.33. The molecule has 0 bridgehead atoms. The van der Waals surface area contributed by atoms with Crippen molar-refractivity contribution in [2.24, 2.45) is 11.7 Å². The molecule has 0 spiro atoms. The lowest BCUT2D eigenvalue weighted by Gasteiger charge is -2.23. The van der Waals surface area contributed by atoms with Crippen molar-refractivity contribution in [3.8, 4) is 0 Å². The number of allylic oxidation sites excluding steroid dienone is 1. The molecule has 1 aliphatic carbocycles. The summed E-state index contributed by atoms with van der Waals surface area (Å²) < 4.78 is 36.0. The van der Waals surface area contributed by atoms with Crippen LogP contribution in [0.4, 0.5) is 13.2 Å². The average molecular weight is 165 g/mol. The Balaban J connectivity index is 2.60. The lowest BCUT2D eigenvalue weighted by molar-refractivity contribution is -0.164. The molecule has 2 atom stereocenters. The Labute approximate surface area is 63.1 Å². The van der Waals surface area contributed by atoms with E-state index in [0.29, 0.717) is 6.42 Å². The Hall–Kier alpha value is -0.510. The van der Waals surface area contributed by atoms with Crippen molar-refractivity contribution in [3.05, 3.63) is 12.2 Å². The summed E-state index contributed by atoms with van der Waals surface area (Å²) >= 11 is 0. The van der Waals surface area contributed by atoms with E-state index < -0.39 is 12.1 Å². The van der Waals surface area contributed by atoms with Crippen LogP contribution in [-0.2, 0) is 0 Å². The highest BCUT2D eigenvalue weighted by Crippen LogP contribution is 2.33. The molecule has 2 unspecified atom stereocenters. The Morgan fingerprint density at radius 3 is 2.36 bits per heavy atom. The summed E-state index contributed by atoms with van der Waals surface area (Å²) in [6, 6.07) is -0.327. The van der Waals surface area contributed by atoms with Gasteiger partial charge in [0.15, 0.2) is 0 Å². The number of alkyl halides is 3. The molecule has 1 nitrogen and oxygen atoms in total. The second kappa shape index (κ2) is 2.85. The normalized spacial score (nSPS) is 32.4. The maximum absolute atomic E-state index is 12.0. The monoisotopic (exact) mass is 165 g/mol. The molecule has 0 saturated carbocycles. The van der Waals surface area contributed by atoms with Crippen molar-refractivity contribution in [1.82, 2.24) is 0 Å². The SMILES string of the molecule is NC1CC=CC(C(F)(F)F)C1. The molecule has 0 heterocycles. The van der Waals surface area contributed by atoms with Gasteiger partial charge in [-0.05, 0) is 12.8 Å². The summed E-state index contributed by atoms with van der Waals surface area (Å²) in [4.78, 5) is 0.